The molecule has 1 aromatic heterocycles. The SMILES string of the molecule is O=C(c1n[nH]c2c1CCC2)N1CCC2(CC1)CC2. The number of hydrogen-bond donors (Lipinski definition) is 1. The van der Waals surface area contributed by atoms with E-state index in [9.17, 15) is 4.79 Å². The molecule has 3 aliphatic rings. The fourth-order valence-electron chi connectivity index (χ4n) is 3.51. The fourth-order valence-corrected chi connectivity index (χ4v) is 3.51. The van der Waals surface area contributed by atoms with Gasteiger partial charge in [0.1, 0.15) is 0 Å². The molecule has 0 atom stereocenters. The van der Waals surface area contributed by atoms with E-state index in [1.165, 1.54) is 36.9 Å². The number of nitrogens with one attached hydrogen (secondary N) is 1. The lowest BCUT2D eigenvalue weighted by Crippen LogP contribution is -2.39. The standard InChI is InChI=1S/C14H19N3O/c18-13(12-10-2-1-3-11(10)15-16-12)17-8-6-14(4-5-14)7-9-17/h1-9H2,(H,15,16). The van der Waals surface area contributed by atoms with E-state index < -0.39 is 0 Å². The zero-order chi connectivity index (χ0) is 12.2. The first-order chi connectivity index (χ1) is 8.77. The van der Waals surface area contributed by atoms with Crippen LogP contribution in [0.2, 0.25) is 0 Å². The lowest BCUT2D eigenvalue weighted by atomic mass is 9.93. The molecule has 96 valence electrons. The molecule has 1 N–H and O–H groups in total. The largest absolute Gasteiger partial charge is 0.337 e. The van der Waals surface area contributed by atoms with Gasteiger partial charge in [0.25, 0.3) is 5.91 Å². The average molecular weight is 245 g/mol. The van der Waals surface area contributed by atoms with Crippen LogP contribution in [0.3, 0.4) is 0 Å². The number of nitrogens with zero attached hydrogens (tertiary/aromatic N) is 2. The van der Waals surface area contributed by atoms with Gasteiger partial charge in [-0.25, -0.2) is 0 Å². The second-order valence-electron chi connectivity index (χ2n) is 6.18. The minimum Gasteiger partial charge on any atom is -0.337 e. The van der Waals surface area contributed by atoms with Crippen LogP contribution in [0.5, 0.6) is 0 Å². The summed E-state index contributed by atoms with van der Waals surface area (Å²) in [5.41, 5.74) is 3.71. The van der Waals surface area contributed by atoms with E-state index in [-0.39, 0.29) is 5.91 Å². The Morgan fingerprint density at radius 1 is 1.17 bits per heavy atom. The molecule has 2 aliphatic carbocycles. The first-order valence-electron chi connectivity index (χ1n) is 7.13. The average Bonchev–Trinajstić information content (AvgIpc) is 2.84. The molecule has 4 nitrogen and oxygen atoms in total. The predicted octanol–water partition coefficient (Wildman–Crippen LogP) is 1.91. The van der Waals surface area contributed by atoms with Crippen LogP contribution >= 0.6 is 0 Å². The number of hydrogen-bond acceptors (Lipinski definition) is 2. The Morgan fingerprint density at radius 2 is 1.94 bits per heavy atom. The molecule has 1 aromatic rings. The number of rotatable bonds is 1. The summed E-state index contributed by atoms with van der Waals surface area (Å²) >= 11 is 0. The number of carbonyl (C=O) groups is 1. The van der Waals surface area contributed by atoms with E-state index in [0.29, 0.717) is 11.1 Å². The van der Waals surface area contributed by atoms with E-state index in [4.69, 9.17) is 0 Å². The van der Waals surface area contributed by atoms with E-state index in [1.54, 1.807) is 0 Å². The molecule has 18 heavy (non-hydrogen) atoms. The van der Waals surface area contributed by atoms with Crippen LogP contribution in [-0.2, 0) is 12.8 Å². The van der Waals surface area contributed by atoms with Gasteiger partial charge >= 0.3 is 0 Å². The molecule has 4 heteroatoms. The van der Waals surface area contributed by atoms with Crippen molar-refractivity contribution >= 4 is 5.91 Å². The zero-order valence-electron chi connectivity index (χ0n) is 10.7. The maximum Gasteiger partial charge on any atom is 0.274 e. The van der Waals surface area contributed by atoms with Gasteiger partial charge in [-0.2, -0.15) is 5.10 Å². The number of H-pyrrole nitrogens is 1. The number of carbonyl (C=O) groups excluding carboxylic acids is 1. The Morgan fingerprint density at radius 3 is 2.67 bits per heavy atom. The van der Waals surface area contributed by atoms with Crippen molar-refractivity contribution < 1.29 is 4.79 Å². The highest BCUT2D eigenvalue weighted by molar-refractivity contribution is 5.94. The topological polar surface area (TPSA) is 49.0 Å². The number of aryl methyl sites for hydroxylation is 1. The second kappa shape index (κ2) is 3.59. The zero-order valence-corrected chi connectivity index (χ0v) is 10.7. The van der Waals surface area contributed by atoms with Gasteiger partial charge < -0.3 is 4.90 Å². The summed E-state index contributed by atoms with van der Waals surface area (Å²) in [7, 11) is 0. The molecule has 1 saturated heterocycles. The molecule has 2 fully saturated rings. The molecular formula is C14H19N3O. The summed E-state index contributed by atoms with van der Waals surface area (Å²) in [6.07, 6.45) is 8.40. The van der Waals surface area contributed by atoms with Crippen molar-refractivity contribution in [2.24, 2.45) is 5.41 Å². The summed E-state index contributed by atoms with van der Waals surface area (Å²) in [4.78, 5) is 14.5. The highest BCUT2D eigenvalue weighted by atomic mass is 16.2. The summed E-state index contributed by atoms with van der Waals surface area (Å²) < 4.78 is 0. The minimum absolute atomic E-state index is 0.157. The van der Waals surface area contributed by atoms with Crippen molar-refractivity contribution in [1.29, 1.82) is 0 Å². The van der Waals surface area contributed by atoms with Crippen molar-refractivity contribution in [3.8, 4) is 0 Å². The van der Waals surface area contributed by atoms with Crippen molar-refractivity contribution in [3.05, 3.63) is 17.0 Å². The number of fused-ring (bicyclic) bond motifs is 1. The molecule has 1 spiro atoms. The maximum atomic E-state index is 12.5. The van der Waals surface area contributed by atoms with Gasteiger partial charge in [0.05, 0.1) is 0 Å². The summed E-state index contributed by atoms with van der Waals surface area (Å²) in [6, 6.07) is 0. The highest BCUT2D eigenvalue weighted by Gasteiger charge is 2.45. The number of aromatic nitrogens is 2. The first kappa shape index (κ1) is 10.6. The van der Waals surface area contributed by atoms with E-state index in [0.717, 1.165) is 32.4 Å². The van der Waals surface area contributed by atoms with Crippen LogP contribution in [0.15, 0.2) is 0 Å². The lowest BCUT2D eigenvalue weighted by molar-refractivity contribution is 0.0671. The molecule has 1 saturated carbocycles. The van der Waals surface area contributed by atoms with Gasteiger partial charge in [-0.1, -0.05) is 0 Å². The molecule has 0 bridgehead atoms. The lowest BCUT2D eigenvalue weighted by Gasteiger charge is -2.31. The van der Waals surface area contributed by atoms with Crippen LogP contribution < -0.4 is 0 Å². The molecule has 1 aliphatic heterocycles. The molecule has 0 unspecified atom stereocenters. The minimum atomic E-state index is 0.157. The van der Waals surface area contributed by atoms with Gasteiger partial charge in [0.2, 0.25) is 0 Å². The first-order valence-corrected chi connectivity index (χ1v) is 7.13. The molecular weight excluding hydrogens is 226 g/mol. The molecule has 0 aromatic carbocycles. The van der Waals surface area contributed by atoms with Gasteiger partial charge in [-0.05, 0) is 50.4 Å². The Kier molecular flexibility index (Phi) is 2.11. The Balaban J connectivity index is 1.52. The number of aromatic amines is 1. The maximum absolute atomic E-state index is 12.5. The summed E-state index contributed by atoms with van der Waals surface area (Å²) in [5.74, 6) is 0.157. The molecule has 1 amide bonds. The number of likely N-dealkylation sites (tertiary alicyclic amines) is 1. The third-order valence-electron chi connectivity index (χ3n) is 5.08. The summed E-state index contributed by atoms with van der Waals surface area (Å²) in [5, 5.41) is 7.29. The number of piperidine rings is 1. The fraction of sp³-hybridized carbons (Fsp3) is 0.714. The monoisotopic (exact) mass is 245 g/mol. The van der Waals surface area contributed by atoms with Crippen LogP contribution in [0.4, 0.5) is 0 Å². The van der Waals surface area contributed by atoms with Crippen LogP contribution in [0.1, 0.15) is 53.8 Å². The van der Waals surface area contributed by atoms with Gasteiger partial charge in [-0.15, -0.1) is 0 Å². The van der Waals surface area contributed by atoms with Crippen LogP contribution in [-0.4, -0.2) is 34.1 Å². The second-order valence-corrected chi connectivity index (χ2v) is 6.18. The van der Waals surface area contributed by atoms with Crippen molar-refractivity contribution in [2.45, 2.75) is 44.9 Å². The third-order valence-corrected chi connectivity index (χ3v) is 5.08. The van der Waals surface area contributed by atoms with E-state index >= 15 is 0 Å². The quantitative estimate of drug-likeness (QED) is 0.821. The molecule has 2 heterocycles. The van der Waals surface area contributed by atoms with Gasteiger partial charge in [0, 0.05) is 24.3 Å². The molecule has 0 radical (unpaired) electrons. The Hall–Kier alpha value is -1.32. The van der Waals surface area contributed by atoms with Gasteiger partial charge in [0.15, 0.2) is 5.69 Å². The predicted molar refractivity (Wildman–Crippen MR) is 67.4 cm³/mol. The Labute approximate surface area is 107 Å². The normalized spacial score (nSPS) is 24.3. The smallest absolute Gasteiger partial charge is 0.274 e. The molecule has 4 rings (SSSR count). The Bertz CT molecular complexity index is 491. The third kappa shape index (κ3) is 1.51. The van der Waals surface area contributed by atoms with Crippen LogP contribution in [0.25, 0.3) is 0 Å². The van der Waals surface area contributed by atoms with Crippen LogP contribution in [0, 0.1) is 5.41 Å². The van der Waals surface area contributed by atoms with Crippen molar-refractivity contribution in [3.63, 3.8) is 0 Å². The van der Waals surface area contributed by atoms with Crippen molar-refractivity contribution in [2.75, 3.05) is 13.1 Å². The highest BCUT2D eigenvalue weighted by Crippen LogP contribution is 2.53. The summed E-state index contributed by atoms with van der Waals surface area (Å²) in [6.45, 7) is 1.86. The van der Waals surface area contributed by atoms with E-state index in [1.807, 2.05) is 4.90 Å². The van der Waals surface area contributed by atoms with Gasteiger partial charge in [-0.3, -0.25) is 9.89 Å². The van der Waals surface area contributed by atoms with Crippen molar-refractivity contribution in [1.82, 2.24) is 15.1 Å². The number of amides is 1. The van der Waals surface area contributed by atoms with E-state index in [2.05, 4.69) is 10.2 Å².